The molecule has 0 N–H and O–H groups in total. The molecular formula is C128H124Br2N8O4P4PdS2Zn. The minimum absolute atomic E-state index is 0. The van der Waals surface area contributed by atoms with Crippen molar-refractivity contribution in [3.63, 3.8) is 0 Å². The first kappa shape index (κ1) is 111. The summed E-state index contributed by atoms with van der Waals surface area (Å²) in [6.07, 6.45) is 31.4. The van der Waals surface area contributed by atoms with Crippen LogP contribution in [0.25, 0.3) is 44.3 Å². The Balaban J connectivity index is 0.000000126. The van der Waals surface area contributed by atoms with E-state index in [1.165, 1.54) is 126 Å². The molecule has 0 saturated heterocycles. The number of pyridine rings is 2. The topological polar surface area (TPSA) is 140 Å². The molecule has 28 rings (SSSR count). The minimum atomic E-state index is -3.77. The first-order chi connectivity index (χ1) is 72.1. The van der Waals surface area contributed by atoms with Crippen molar-refractivity contribution in [3.05, 3.63) is 503 Å². The van der Waals surface area contributed by atoms with Gasteiger partial charge in [-0.15, -0.1) is 0 Å². The van der Waals surface area contributed by atoms with Crippen LogP contribution in [0.15, 0.2) is 501 Å². The van der Waals surface area contributed by atoms with Crippen molar-refractivity contribution in [1.82, 2.24) is 37.5 Å². The Hall–Kier alpha value is -11.3. The van der Waals surface area contributed by atoms with Crippen molar-refractivity contribution in [1.29, 1.82) is 0 Å². The summed E-state index contributed by atoms with van der Waals surface area (Å²) in [5.41, 5.74) is 5.49. The van der Waals surface area contributed by atoms with Crippen LogP contribution in [-0.2, 0) is 70.9 Å². The molecule has 150 heavy (non-hydrogen) atoms. The number of aromatic nitrogens is 8. The van der Waals surface area contributed by atoms with Crippen molar-refractivity contribution in [2.45, 2.75) is 94.8 Å². The molecule has 758 valence electrons. The summed E-state index contributed by atoms with van der Waals surface area (Å²) >= 11 is 7.66. The number of hydrogen-bond donors (Lipinski definition) is 0. The van der Waals surface area contributed by atoms with E-state index >= 15 is 0 Å². The van der Waals surface area contributed by atoms with Gasteiger partial charge in [-0.2, -0.15) is 22.0 Å². The molecule has 0 unspecified atom stereocenters. The van der Waals surface area contributed by atoms with Crippen LogP contribution in [0.4, 0.5) is 0 Å². The standard InChI is InChI=1S/C27H28N4O2S.4C18H15P.C17H13BrN4O2S.C10H15.2CH4.BrH.Pd.Zn/c1-30-15-22(14-29-30)25-16-31(34(32,33)23-5-3-2-4-6-23)27-24(25)12-21(13-28-27)26-19-8-17-7-18(10-19)11-20(26)9-17;4*1-4-10-16(11-5-1)19(17-12-6-2-7-13-17)18-14-8-3-9-15-18;1-21-10-12(8-20-21)16-11-22(17-15(16)7-13(18)9-19-17)25(23,24)14-5-3-2-4-6-14;1-7-2-9-4-8(1)5-10(3-7)6-9;;;;;/h2-6,12-20,26H,7-11H2,1H3;4*1-15H;2-11H,1H3;1,7-10H,2-6H2;2*1H4;1H;;/q;;;;;;-1;;;;;+2/p-1. The number of aryl methyl sites for hydroxylation is 2. The van der Waals surface area contributed by atoms with Crippen molar-refractivity contribution in [2.24, 2.45) is 61.4 Å². The zero-order chi connectivity index (χ0) is 101. The van der Waals surface area contributed by atoms with Gasteiger partial charge < -0.3 is 6.42 Å². The predicted molar refractivity (Wildman–Crippen MR) is 634 cm³/mol. The quantitative estimate of drug-likeness (QED) is 0.0443. The van der Waals surface area contributed by atoms with Crippen molar-refractivity contribution in [3.8, 4) is 22.3 Å². The number of rotatable bonds is 19. The van der Waals surface area contributed by atoms with Gasteiger partial charge in [0.15, 0.2) is 11.3 Å². The van der Waals surface area contributed by atoms with Crippen LogP contribution in [0.3, 0.4) is 0 Å². The Morgan fingerprint density at radius 2 is 0.513 bits per heavy atom. The molecule has 8 bridgehead atoms. The monoisotopic (exact) mass is 2350 g/mol. The van der Waals surface area contributed by atoms with E-state index in [0.29, 0.717) is 17.2 Å². The molecule has 0 aliphatic heterocycles. The molecule has 0 amide bonds. The summed E-state index contributed by atoms with van der Waals surface area (Å²) in [6.45, 7) is 0. The molecule has 8 saturated carbocycles. The second-order valence-electron chi connectivity index (χ2n) is 38.2. The first-order valence-corrected chi connectivity index (χ1v) is 66.3. The maximum Gasteiger partial charge on any atom is -0.0134 e. The molecule has 22 heteroatoms. The van der Waals surface area contributed by atoms with Gasteiger partial charge in [0, 0.05) is 109 Å². The summed E-state index contributed by atoms with van der Waals surface area (Å²) in [5.74, 6) is 8.25. The number of fused-ring (bicyclic) bond motifs is 2. The van der Waals surface area contributed by atoms with Gasteiger partial charge >= 0.3 is 30.0 Å². The van der Waals surface area contributed by atoms with Gasteiger partial charge in [-0.25, -0.2) is 34.7 Å². The fraction of sp³-hybridized carbons (Fsp3) is 0.180. The third-order valence-corrected chi connectivity index (χ3v) is 41.9. The average Bonchev–Trinajstić information content (AvgIpc) is 1.52. The average molecular weight is 2360 g/mol. The van der Waals surface area contributed by atoms with Gasteiger partial charge in [0.1, 0.15) is 0 Å². The van der Waals surface area contributed by atoms with E-state index in [1.807, 2.05) is 44.8 Å². The van der Waals surface area contributed by atoms with Gasteiger partial charge in [0.05, 0.1) is 22.2 Å². The number of halogens is 2. The van der Waals surface area contributed by atoms with Crippen LogP contribution in [0.2, 0.25) is 0 Å². The molecule has 0 spiro atoms. The molecule has 6 heterocycles. The summed E-state index contributed by atoms with van der Waals surface area (Å²) in [4.78, 5) is 9.63. The molecule has 0 radical (unpaired) electrons. The molecule has 0 atom stereocenters. The Morgan fingerprint density at radius 3 is 0.740 bits per heavy atom. The maximum absolute atomic E-state index is 13.6. The Morgan fingerprint density at radius 1 is 0.293 bits per heavy atom. The van der Waals surface area contributed by atoms with Crippen molar-refractivity contribution >= 4 is 167 Å². The second kappa shape index (κ2) is 53.8. The third kappa shape index (κ3) is 27.1. The van der Waals surface area contributed by atoms with Gasteiger partial charge in [0.25, 0.3) is 20.0 Å². The molecular weight excluding hydrogens is 2230 g/mol. The van der Waals surface area contributed by atoms with E-state index < -0.39 is 51.7 Å². The largest absolute Gasteiger partial charge is 0.0622 e. The normalized spacial score (nSPS) is 17.6. The fourth-order valence-corrected chi connectivity index (χ4v) is 34.8. The SMILES string of the molecule is C.C.Cn1cc(-c2cn(S(=O)(=O)c3ccccc3)c3ncc(Br)cc23)cn1.Cn1cc(-c2cn(S(=O)(=O)c3ccccc3)c3ncc(C4C5CC6CC(C5)CC4C6)cc23)cn1.[CH-]1C2CC3CC1CC(C2)C3.[Pd].[Zn+][Br].c1ccc(P(c2ccccc2)c2ccccc2)cc1.c1ccc(P(c2ccccc2)c2ccccc2)cc1.c1ccc(P(c2ccccc2)c2ccccc2)cc1.c1ccc(P(c2ccccc2)c2ccccc2)cc1. The summed E-state index contributed by atoms with van der Waals surface area (Å²) in [5, 5.41) is 26.9. The van der Waals surface area contributed by atoms with Crippen LogP contribution in [0.1, 0.15) is 90.5 Å². The molecule has 8 aliphatic rings. The van der Waals surface area contributed by atoms with Gasteiger partial charge in [-0.1, -0.05) is 441 Å². The Kier molecular flexibility index (Phi) is 40.0. The van der Waals surface area contributed by atoms with Crippen LogP contribution in [0.5, 0.6) is 0 Å². The summed E-state index contributed by atoms with van der Waals surface area (Å²) in [6, 6.07) is 150. The fourth-order valence-electron chi connectivity index (χ4n) is 22.5. The molecule has 14 aromatic carbocycles. The third-order valence-electron chi connectivity index (χ3n) is 28.4. The Bertz CT molecular complexity index is 6890. The van der Waals surface area contributed by atoms with Crippen molar-refractivity contribution in [2.75, 3.05) is 0 Å². The van der Waals surface area contributed by atoms with E-state index in [0.717, 1.165) is 84.8 Å². The smallest absolute Gasteiger partial charge is 0.0134 e. The van der Waals surface area contributed by atoms with E-state index in [2.05, 4.69) is 421 Å². The minimum Gasteiger partial charge on any atom is -0.0622 e. The van der Waals surface area contributed by atoms with E-state index in [9.17, 15) is 16.8 Å². The Labute approximate surface area is 930 Å². The van der Waals surface area contributed by atoms with Crippen LogP contribution < -0.4 is 63.7 Å². The number of benzene rings is 14. The first-order valence-electron chi connectivity index (χ1n) is 50.3. The van der Waals surface area contributed by atoms with Gasteiger partial charge in [-0.3, -0.25) is 9.36 Å². The van der Waals surface area contributed by atoms with Crippen molar-refractivity contribution < 1.29 is 53.6 Å². The molecule has 6 aromatic heterocycles. The molecule has 8 fully saturated rings. The number of nitrogens with zero attached hydrogens (tertiary/aromatic N) is 8. The maximum atomic E-state index is 13.6. The second-order valence-corrected chi connectivity index (χ2v) is 51.7. The van der Waals surface area contributed by atoms with Crippen LogP contribution >= 0.6 is 61.2 Å². The zero-order valence-corrected chi connectivity index (χ0v) is 95.5. The summed E-state index contributed by atoms with van der Waals surface area (Å²) < 4.78 is 60.1. The summed E-state index contributed by atoms with van der Waals surface area (Å²) in [7, 11) is -5.61. The zero-order valence-electron chi connectivity index (χ0n) is 82.6. The van der Waals surface area contributed by atoms with Crippen LogP contribution in [-0.4, -0.2) is 54.3 Å². The van der Waals surface area contributed by atoms with E-state index in [4.69, 9.17) is 4.98 Å². The van der Waals surface area contributed by atoms with Gasteiger partial charge in [0.2, 0.25) is 0 Å². The molecule has 8 aliphatic carbocycles. The van der Waals surface area contributed by atoms with Crippen LogP contribution in [0, 0.1) is 53.8 Å². The van der Waals surface area contributed by atoms with Gasteiger partial charge in [-0.05, 0) is 233 Å². The number of hydrogen-bond acceptors (Lipinski definition) is 8. The van der Waals surface area contributed by atoms with E-state index in [-0.39, 0.29) is 45.1 Å². The van der Waals surface area contributed by atoms with E-state index in [1.54, 1.807) is 127 Å². The molecule has 20 aromatic rings. The molecule has 12 nitrogen and oxygen atoms in total. The predicted octanol–water partition coefficient (Wildman–Crippen LogP) is 27.2.